The van der Waals surface area contributed by atoms with Crippen LogP contribution in [0.15, 0.2) is 12.1 Å². The predicted octanol–water partition coefficient (Wildman–Crippen LogP) is 3.95. The molecule has 3 heteroatoms. The lowest BCUT2D eigenvalue weighted by Crippen LogP contribution is -2.14. The van der Waals surface area contributed by atoms with Gasteiger partial charge in [-0.3, -0.25) is 0 Å². The summed E-state index contributed by atoms with van der Waals surface area (Å²) in [4.78, 5) is 2.79. The molecule has 0 unspecified atom stereocenters. The third-order valence-electron chi connectivity index (χ3n) is 3.17. The predicted molar refractivity (Wildman–Crippen MR) is 77.9 cm³/mol. The van der Waals surface area contributed by atoms with Crippen molar-refractivity contribution in [2.24, 2.45) is 5.92 Å². The molecule has 1 aromatic heterocycles. The molecule has 1 aliphatic carbocycles. The highest BCUT2D eigenvalue weighted by Crippen LogP contribution is 2.22. The first-order chi connectivity index (χ1) is 8.74. The number of hydrogen-bond acceptors (Lipinski definition) is 3. The lowest BCUT2D eigenvalue weighted by atomic mass is 10.1. The molecule has 0 aliphatic heterocycles. The Hall–Kier alpha value is -0.380. The van der Waals surface area contributed by atoms with Crippen molar-refractivity contribution in [2.75, 3.05) is 6.61 Å². The van der Waals surface area contributed by atoms with E-state index in [0.29, 0.717) is 0 Å². The van der Waals surface area contributed by atoms with E-state index in [1.54, 1.807) is 0 Å². The monoisotopic (exact) mass is 267 g/mol. The van der Waals surface area contributed by atoms with E-state index in [1.165, 1.54) is 35.4 Å². The van der Waals surface area contributed by atoms with Crippen LogP contribution in [0.1, 0.15) is 49.3 Å². The van der Waals surface area contributed by atoms with Crippen LogP contribution in [-0.2, 0) is 17.9 Å². The van der Waals surface area contributed by atoms with Gasteiger partial charge in [0.05, 0.1) is 6.61 Å². The van der Waals surface area contributed by atoms with Crippen LogP contribution >= 0.6 is 11.3 Å². The maximum absolute atomic E-state index is 5.71. The quantitative estimate of drug-likeness (QED) is 0.684. The standard InChI is InChI=1S/C15H25NOS/c1-12(2)4-3-9-17-11-15-8-7-14(18-15)10-16-13-5-6-13/h7-8,12-13,16H,3-6,9-11H2,1-2H3. The van der Waals surface area contributed by atoms with E-state index in [9.17, 15) is 0 Å². The number of ether oxygens (including phenoxy) is 1. The summed E-state index contributed by atoms with van der Waals surface area (Å²) in [6.07, 6.45) is 5.16. The van der Waals surface area contributed by atoms with Gasteiger partial charge in [-0.15, -0.1) is 11.3 Å². The average molecular weight is 267 g/mol. The minimum Gasteiger partial charge on any atom is -0.376 e. The van der Waals surface area contributed by atoms with Gasteiger partial charge < -0.3 is 10.1 Å². The Labute approximate surface area is 115 Å². The van der Waals surface area contributed by atoms with Crippen LogP contribution in [0.4, 0.5) is 0 Å². The molecule has 2 rings (SSSR count). The fraction of sp³-hybridized carbons (Fsp3) is 0.733. The second-order valence-corrected chi connectivity index (χ2v) is 6.86. The SMILES string of the molecule is CC(C)CCCOCc1ccc(CNC2CC2)s1. The molecule has 1 N–H and O–H groups in total. The summed E-state index contributed by atoms with van der Waals surface area (Å²) in [6, 6.07) is 5.23. The van der Waals surface area contributed by atoms with Gasteiger partial charge in [0.1, 0.15) is 0 Å². The largest absolute Gasteiger partial charge is 0.376 e. The van der Waals surface area contributed by atoms with Crippen LogP contribution in [-0.4, -0.2) is 12.6 Å². The van der Waals surface area contributed by atoms with Gasteiger partial charge in [-0.05, 0) is 43.7 Å². The van der Waals surface area contributed by atoms with Crippen LogP contribution in [0, 0.1) is 5.92 Å². The maximum Gasteiger partial charge on any atom is 0.0809 e. The Morgan fingerprint density at radius 1 is 1.33 bits per heavy atom. The first-order valence-corrected chi connectivity index (χ1v) is 7.94. The highest BCUT2D eigenvalue weighted by Gasteiger charge is 2.20. The molecule has 1 aromatic rings. The topological polar surface area (TPSA) is 21.3 Å². The zero-order valence-electron chi connectivity index (χ0n) is 11.6. The molecule has 102 valence electrons. The Bertz CT molecular complexity index is 344. The summed E-state index contributed by atoms with van der Waals surface area (Å²) in [5.41, 5.74) is 0. The number of thiophene rings is 1. The Morgan fingerprint density at radius 3 is 2.83 bits per heavy atom. The highest BCUT2D eigenvalue weighted by atomic mass is 32.1. The van der Waals surface area contributed by atoms with Gasteiger partial charge in [-0.25, -0.2) is 0 Å². The zero-order valence-corrected chi connectivity index (χ0v) is 12.4. The number of rotatable bonds is 9. The Kier molecular flexibility index (Phi) is 5.67. The average Bonchev–Trinajstić information content (AvgIpc) is 3.06. The molecule has 1 saturated carbocycles. The molecule has 2 nitrogen and oxygen atoms in total. The maximum atomic E-state index is 5.71. The van der Waals surface area contributed by atoms with E-state index < -0.39 is 0 Å². The van der Waals surface area contributed by atoms with Gasteiger partial charge >= 0.3 is 0 Å². The molecule has 18 heavy (non-hydrogen) atoms. The third-order valence-corrected chi connectivity index (χ3v) is 4.23. The van der Waals surface area contributed by atoms with Crippen molar-refractivity contribution in [1.29, 1.82) is 0 Å². The third kappa shape index (κ3) is 5.51. The number of nitrogens with one attached hydrogen (secondary N) is 1. The molecule has 0 amide bonds. The van der Waals surface area contributed by atoms with Crippen molar-refractivity contribution in [2.45, 2.75) is 58.7 Å². The van der Waals surface area contributed by atoms with Crippen molar-refractivity contribution < 1.29 is 4.74 Å². The minimum absolute atomic E-state index is 0.784. The van der Waals surface area contributed by atoms with Crippen molar-refractivity contribution in [1.82, 2.24) is 5.32 Å². The first-order valence-electron chi connectivity index (χ1n) is 7.13. The van der Waals surface area contributed by atoms with Crippen LogP contribution < -0.4 is 5.32 Å². The van der Waals surface area contributed by atoms with E-state index >= 15 is 0 Å². The normalized spacial score (nSPS) is 15.5. The highest BCUT2D eigenvalue weighted by molar-refractivity contribution is 7.11. The van der Waals surface area contributed by atoms with E-state index in [1.807, 2.05) is 11.3 Å². The van der Waals surface area contributed by atoms with E-state index in [4.69, 9.17) is 4.74 Å². The van der Waals surface area contributed by atoms with Crippen LogP contribution in [0.2, 0.25) is 0 Å². The molecule has 0 spiro atoms. The van der Waals surface area contributed by atoms with E-state index in [-0.39, 0.29) is 0 Å². The Balaban J connectivity index is 1.57. The van der Waals surface area contributed by atoms with Crippen molar-refractivity contribution in [3.8, 4) is 0 Å². The molecule has 0 saturated heterocycles. The molecule has 0 bridgehead atoms. The fourth-order valence-electron chi connectivity index (χ4n) is 1.89. The van der Waals surface area contributed by atoms with Crippen LogP contribution in [0.5, 0.6) is 0 Å². The molecule has 0 aromatic carbocycles. The second kappa shape index (κ2) is 7.27. The smallest absolute Gasteiger partial charge is 0.0809 e. The molecular weight excluding hydrogens is 242 g/mol. The van der Waals surface area contributed by atoms with Crippen LogP contribution in [0.3, 0.4) is 0 Å². The molecule has 1 aliphatic rings. The molecule has 0 atom stereocenters. The Morgan fingerprint density at radius 2 is 2.11 bits per heavy atom. The molecule has 0 radical (unpaired) electrons. The van der Waals surface area contributed by atoms with Crippen LogP contribution in [0.25, 0.3) is 0 Å². The number of hydrogen-bond donors (Lipinski definition) is 1. The van der Waals surface area contributed by atoms with Gasteiger partial charge in [0.15, 0.2) is 0 Å². The second-order valence-electron chi connectivity index (χ2n) is 5.61. The fourth-order valence-corrected chi connectivity index (χ4v) is 2.80. The van der Waals surface area contributed by atoms with Gasteiger partial charge in [-0.1, -0.05) is 13.8 Å². The lowest BCUT2D eigenvalue weighted by molar-refractivity contribution is 0.117. The van der Waals surface area contributed by atoms with Crippen molar-refractivity contribution in [3.63, 3.8) is 0 Å². The van der Waals surface area contributed by atoms with Gasteiger partial charge in [0, 0.05) is 28.9 Å². The zero-order chi connectivity index (χ0) is 12.8. The minimum atomic E-state index is 0.784. The summed E-state index contributed by atoms with van der Waals surface area (Å²) >= 11 is 1.88. The van der Waals surface area contributed by atoms with E-state index in [0.717, 1.165) is 31.7 Å². The van der Waals surface area contributed by atoms with E-state index in [2.05, 4.69) is 31.3 Å². The molecule has 1 heterocycles. The van der Waals surface area contributed by atoms with Crippen molar-refractivity contribution >= 4 is 11.3 Å². The summed E-state index contributed by atoms with van der Waals surface area (Å²) in [5.74, 6) is 0.787. The molecule has 1 fully saturated rings. The first kappa shape index (κ1) is 14.0. The van der Waals surface area contributed by atoms with Gasteiger partial charge in [0.25, 0.3) is 0 Å². The lowest BCUT2D eigenvalue weighted by Gasteiger charge is -2.04. The van der Waals surface area contributed by atoms with Gasteiger partial charge in [0.2, 0.25) is 0 Å². The summed E-state index contributed by atoms with van der Waals surface area (Å²) in [6.45, 7) is 7.23. The summed E-state index contributed by atoms with van der Waals surface area (Å²) in [5, 5.41) is 3.54. The molecular formula is C15H25NOS. The summed E-state index contributed by atoms with van der Waals surface area (Å²) in [7, 11) is 0. The van der Waals surface area contributed by atoms with Gasteiger partial charge in [-0.2, -0.15) is 0 Å². The van der Waals surface area contributed by atoms with Crippen molar-refractivity contribution in [3.05, 3.63) is 21.9 Å². The summed E-state index contributed by atoms with van der Waals surface area (Å²) < 4.78 is 5.71.